The van der Waals surface area contributed by atoms with Crippen LogP contribution in [0, 0.1) is 51.2 Å². The number of aliphatic hydroxyl groups is 2. The zero-order chi connectivity index (χ0) is 21.7. The average molecular weight is 421 g/mol. The van der Waals surface area contributed by atoms with Gasteiger partial charge in [-0.15, -0.1) is 0 Å². The topological polar surface area (TPSA) is 58.9 Å². The largest absolute Gasteiger partial charge is 0.393 e. The molecule has 1 unspecified atom stereocenters. The van der Waals surface area contributed by atoms with Crippen LogP contribution in [0.2, 0.25) is 0 Å². The number of hydrogen-bond acceptors (Lipinski definition) is 4. The molecule has 0 bridgehead atoms. The third kappa shape index (κ3) is 2.54. The quantitative estimate of drug-likeness (QED) is 0.650. The fraction of sp³-hybridized carbons (Fsp3) is 1.00. The first kappa shape index (κ1) is 21.7. The van der Waals surface area contributed by atoms with Gasteiger partial charge in [0.25, 0.3) is 0 Å². The molecule has 0 amide bonds. The van der Waals surface area contributed by atoms with E-state index in [-0.39, 0.29) is 46.6 Å². The summed E-state index contributed by atoms with van der Waals surface area (Å²) in [5.74, 6) is 1.70. The highest BCUT2D eigenvalue weighted by atomic mass is 16.7. The molecule has 5 rings (SSSR count). The molecule has 11 atom stereocenters. The maximum absolute atomic E-state index is 11.8. The normalized spacial score (nSPS) is 59.6. The van der Waals surface area contributed by atoms with Crippen molar-refractivity contribution >= 4 is 0 Å². The van der Waals surface area contributed by atoms with Crippen molar-refractivity contribution in [2.24, 2.45) is 51.2 Å². The van der Waals surface area contributed by atoms with Crippen molar-refractivity contribution in [3.63, 3.8) is 0 Å². The van der Waals surface area contributed by atoms with E-state index in [1.165, 1.54) is 32.1 Å². The molecule has 0 aromatic rings. The molecule has 4 saturated carbocycles. The van der Waals surface area contributed by atoms with E-state index in [2.05, 4.69) is 34.6 Å². The maximum atomic E-state index is 11.8. The van der Waals surface area contributed by atoms with Crippen molar-refractivity contribution in [1.29, 1.82) is 0 Å². The van der Waals surface area contributed by atoms with Gasteiger partial charge in [-0.05, 0) is 72.5 Å². The van der Waals surface area contributed by atoms with Crippen LogP contribution in [0.5, 0.6) is 0 Å². The Morgan fingerprint density at radius 1 is 0.867 bits per heavy atom. The van der Waals surface area contributed by atoms with Crippen molar-refractivity contribution in [1.82, 2.24) is 0 Å². The van der Waals surface area contributed by atoms with Gasteiger partial charge < -0.3 is 19.7 Å². The molecule has 1 aliphatic heterocycles. The molecule has 172 valence electrons. The number of fused-ring (bicyclic) bond motifs is 7. The van der Waals surface area contributed by atoms with Crippen molar-refractivity contribution in [3.8, 4) is 0 Å². The molecular formula is C26H44O4. The lowest BCUT2D eigenvalue weighted by Gasteiger charge is -2.71. The van der Waals surface area contributed by atoms with Gasteiger partial charge in [0.15, 0.2) is 6.29 Å². The second kappa shape index (κ2) is 6.68. The second-order valence-corrected chi connectivity index (χ2v) is 13.1. The van der Waals surface area contributed by atoms with E-state index in [0.29, 0.717) is 23.9 Å². The zero-order valence-electron chi connectivity index (χ0n) is 20.0. The Kier molecular flexibility index (Phi) is 4.83. The minimum Gasteiger partial charge on any atom is -0.393 e. The number of hydrogen-bond donors (Lipinski definition) is 2. The van der Waals surface area contributed by atoms with Crippen LogP contribution in [0.3, 0.4) is 0 Å². The maximum Gasteiger partial charge on any atom is 0.161 e. The zero-order valence-corrected chi connectivity index (χ0v) is 20.0. The Labute approximate surface area is 183 Å². The van der Waals surface area contributed by atoms with E-state index in [0.717, 1.165) is 18.8 Å². The second-order valence-electron chi connectivity index (χ2n) is 13.1. The van der Waals surface area contributed by atoms with Crippen molar-refractivity contribution in [3.05, 3.63) is 0 Å². The summed E-state index contributed by atoms with van der Waals surface area (Å²) in [6.45, 7) is 12.9. The lowest BCUT2D eigenvalue weighted by Crippen LogP contribution is -2.69. The van der Waals surface area contributed by atoms with Crippen LogP contribution in [0.4, 0.5) is 0 Å². The smallest absolute Gasteiger partial charge is 0.161 e. The number of methoxy groups -OCH3 is 1. The summed E-state index contributed by atoms with van der Waals surface area (Å²) in [5.41, 5.74) is 0.558. The van der Waals surface area contributed by atoms with E-state index in [9.17, 15) is 10.2 Å². The van der Waals surface area contributed by atoms with Gasteiger partial charge in [0.2, 0.25) is 0 Å². The van der Waals surface area contributed by atoms with Crippen LogP contribution in [0.25, 0.3) is 0 Å². The molecule has 0 radical (unpaired) electrons. The average Bonchev–Trinajstić information content (AvgIpc) is 3.11. The first-order valence-corrected chi connectivity index (χ1v) is 12.5. The van der Waals surface area contributed by atoms with E-state index < -0.39 is 0 Å². The molecule has 0 spiro atoms. The van der Waals surface area contributed by atoms with E-state index in [1.807, 2.05) is 0 Å². The summed E-state index contributed by atoms with van der Waals surface area (Å²) in [6.07, 6.45) is 7.08. The van der Waals surface area contributed by atoms with E-state index in [1.54, 1.807) is 7.11 Å². The van der Waals surface area contributed by atoms with Gasteiger partial charge >= 0.3 is 0 Å². The summed E-state index contributed by atoms with van der Waals surface area (Å²) < 4.78 is 11.7. The molecule has 0 aromatic carbocycles. The van der Waals surface area contributed by atoms with Gasteiger partial charge in [-0.25, -0.2) is 0 Å². The molecule has 4 heteroatoms. The molecule has 1 saturated heterocycles. The first-order chi connectivity index (χ1) is 14.0. The summed E-state index contributed by atoms with van der Waals surface area (Å²) >= 11 is 0. The van der Waals surface area contributed by atoms with Gasteiger partial charge in [0, 0.05) is 24.4 Å². The number of ether oxygens (including phenoxy) is 2. The Balaban J connectivity index is 1.58. The van der Waals surface area contributed by atoms with Gasteiger partial charge in [-0.3, -0.25) is 0 Å². The van der Waals surface area contributed by atoms with Crippen LogP contribution in [-0.4, -0.2) is 42.4 Å². The minimum atomic E-state index is -0.361. The molecule has 1 heterocycles. The number of rotatable bonds is 1. The summed E-state index contributed by atoms with van der Waals surface area (Å²) in [6, 6.07) is 0. The summed E-state index contributed by atoms with van der Waals surface area (Å²) in [4.78, 5) is 0. The van der Waals surface area contributed by atoms with E-state index >= 15 is 0 Å². The third-order valence-corrected chi connectivity index (χ3v) is 11.7. The van der Waals surface area contributed by atoms with Gasteiger partial charge in [0.05, 0.1) is 18.8 Å². The summed E-state index contributed by atoms with van der Waals surface area (Å²) in [5, 5.41) is 23.0. The van der Waals surface area contributed by atoms with Crippen LogP contribution in [0.1, 0.15) is 79.6 Å². The first-order valence-electron chi connectivity index (χ1n) is 12.5. The lowest BCUT2D eigenvalue weighted by atomic mass is 9.34. The standard InChI is InChI=1S/C26H44O4/c1-23(2)9-7-10-24(3)17(23)8-11-25(4)18(24)13-20(28)26(5)19(25)12-16(27)15-14-30-22(29-6)21(15)26/h15-22,27-28H,7-14H2,1-6H3/t15?,16-,17-,18+,19-,20+,21+,22+,24-,25+,26+/m0/s1. The molecule has 5 fully saturated rings. The Morgan fingerprint density at radius 3 is 2.27 bits per heavy atom. The SMILES string of the molecule is CO[C@@H]1OCC2[C@H]1[C@@]1(C)[C@H](O)C[C@@H]3[C@@]4(C)CCCC(C)(C)[C@@H]4CC[C@@]3(C)[C@@H]1C[C@@H]2O. The van der Waals surface area contributed by atoms with Crippen molar-refractivity contribution in [2.45, 2.75) is 98.1 Å². The van der Waals surface area contributed by atoms with Crippen molar-refractivity contribution < 1.29 is 19.7 Å². The Bertz CT molecular complexity index is 693. The van der Waals surface area contributed by atoms with Crippen LogP contribution in [0.15, 0.2) is 0 Å². The predicted octanol–water partition coefficient (Wildman–Crippen LogP) is 4.62. The summed E-state index contributed by atoms with van der Waals surface area (Å²) in [7, 11) is 1.71. The van der Waals surface area contributed by atoms with Gasteiger partial charge in [-0.1, -0.05) is 41.0 Å². The molecule has 5 aliphatic rings. The third-order valence-electron chi connectivity index (χ3n) is 11.7. The van der Waals surface area contributed by atoms with Crippen molar-refractivity contribution in [2.75, 3.05) is 13.7 Å². The molecule has 2 N–H and O–H groups in total. The Morgan fingerprint density at radius 2 is 1.57 bits per heavy atom. The monoisotopic (exact) mass is 420 g/mol. The fourth-order valence-corrected chi connectivity index (χ4v) is 10.4. The Hall–Kier alpha value is -0.160. The molecule has 30 heavy (non-hydrogen) atoms. The van der Waals surface area contributed by atoms with Crippen LogP contribution >= 0.6 is 0 Å². The fourth-order valence-electron chi connectivity index (χ4n) is 10.4. The molecule has 4 nitrogen and oxygen atoms in total. The van der Waals surface area contributed by atoms with Gasteiger partial charge in [-0.2, -0.15) is 0 Å². The lowest BCUT2D eigenvalue weighted by molar-refractivity contribution is -0.274. The number of aliphatic hydroxyl groups excluding tert-OH is 2. The molecule has 4 aliphatic carbocycles. The molecular weight excluding hydrogens is 376 g/mol. The highest BCUT2D eigenvalue weighted by Gasteiger charge is 2.71. The minimum absolute atomic E-state index is 0.0670. The van der Waals surface area contributed by atoms with E-state index in [4.69, 9.17) is 9.47 Å². The highest BCUT2D eigenvalue weighted by molar-refractivity contribution is 5.18. The van der Waals surface area contributed by atoms with Crippen LogP contribution in [-0.2, 0) is 9.47 Å². The van der Waals surface area contributed by atoms with Gasteiger partial charge in [0.1, 0.15) is 0 Å². The predicted molar refractivity (Wildman–Crippen MR) is 117 cm³/mol. The molecule has 0 aromatic heterocycles. The van der Waals surface area contributed by atoms with Crippen LogP contribution < -0.4 is 0 Å². The highest BCUT2D eigenvalue weighted by Crippen LogP contribution is 2.74.